The molecule has 4 saturated carbocycles. The number of nitrogens with two attached hydrogens (primary N) is 1. The van der Waals surface area contributed by atoms with Gasteiger partial charge in [0, 0.05) is 36.2 Å². The van der Waals surface area contributed by atoms with Crippen molar-refractivity contribution in [1.82, 2.24) is 0 Å². The second-order valence-electron chi connectivity index (χ2n) is 9.41. The topological polar surface area (TPSA) is 78.6 Å². The number of hydrogen-bond donors (Lipinski definition) is 1. The first kappa shape index (κ1) is 18.0. The van der Waals surface area contributed by atoms with E-state index >= 15 is 0 Å². The van der Waals surface area contributed by atoms with E-state index in [1.165, 1.54) is 0 Å². The fourth-order valence-electron chi connectivity index (χ4n) is 7.29. The number of amides is 1. The quantitative estimate of drug-likeness (QED) is 0.781. The average Bonchev–Trinajstić information content (AvgIpc) is 3.24. The molecule has 0 radical (unpaired) electrons. The Hall–Kier alpha value is -1.36. The molecule has 0 saturated heterocycles. The van der Waals surface area contributed by atoms with Crippen molar-refractivity contribution in [2.24, 2.45) is 39.7 Å². The van der Waals surface area contributed by atoms with E-state index in [2.05, 4.69) is 13.5 Å². The fraction of sp³-hybridized carbons (Fsp3) is 0.810. The third-order valence-corrected chi connectivity index (χ3v) is 8.66. The first-order valence-corrected chi connectivity index (χ1v) is 9.92. The second kappa shape index (κ2) is 5.57. The Morgan fingerprint density at radius 2 is 2.00 bits per heavy atom. The Morgan fingerprint density at radius 3 is 2.62 bits per heavy atom. The van der Waals surface area contributed by atoms with Gasteiger partial charge in [0.15, 0.2) is 0 Å². The molecule has 2 N–H and O–H groups in total. The highest BCUT2D eigenvalue weighted by Crippen LogP contribution is 2.78. The molecule has 4 aliphatic carbocycles. The third-order valence-electron chi connectivity index (χ3n) is 8.66. The number of Topliss-reactive ketones (excluding diaryl/α,β-unsaturated/α-hetero) is 1. The predicted molar refractivity (Wildman–Crippen MR) is 97.3 cm³/mol. The van der Waals surface area contributed by atoms with E-state index in [9.17, 15) is 9.59 Å². The number of carbonyl (C=O) groups is 2. The molecule has 4 fully saturated rings. The van der Waals surface area contributed by atoms with Gasteiger partial charge >= 0.3 is 6.09 Å². The van der Waals surface area contributed by atoms with E-state index < -0.39 is 11.5 Å². The van der Waals surface area contributed by atoms with Crippen LogP contribution in [0.5, 0.6) is 0 Å². The van der Waals surface area contributed by atoms with Crippen LogP contribution in [-0.2, 0) is 14.3 Å². The summed E-state index contributed by atoms with van der Waals surface area (Å²) in [5, 5.41) is 0. The van der Waals surface area contributed by atoms with Gasteiger partial charge in [-0.05, 0) is 50.4 Å². The van der Waals surface area contributed by atoms with Crippen molar-refractivity contribution >= 4 is 11.9 Å². The van der Waals surface area contributed by atoms with Gasteiger partial charge in [-0.25, -0.2) is 4.79 Å². The molecule has 0 heterocycles. The second-order valence-corrected chi connectivity index (χ2v) is 9.41. The Kier molecular flexibility index (Phi) is 3.86. The Balaban J connectivity index is 1.88. The molecular weight excluding hydrogens is 330 g/mol. The molecule has 0 aromatic carbocycles. The minimum atomic E-state index is -0.745. The minimum Gasteiger partial charge on any atom is -0.446 e. The number of allylic oxidation sites excluding steroid dienone is 1. The van der Waals surface area contributed by atoms with E-state index in [1.54, 1.807) is 13.2 Å². The van der Waals surface area contributed by atoms with Crippen molar-refractivity contribution in [3.8, 4) is 0 Å². The number of carbonyl (C=O) groups excluding carboxylic acids is 2. The van der Waals surface area contributed by atoms with Crippen LogP contribution < -0.4 is 5.73 Å². The number of rotatable bonds is 3. The van der Waals surface area contributed by atoms with Gasteiger partial charge < -0.3 is 15.2 Å². The molecular formula is C21H31NO4. The summed E-state index contributed by atoms with van der Waals surface area (Å²) in [6, 6.07) is 0. The molecule has 26 heavy (non-hydrogen) atoms. The first-order valence-electron chi connectivity index (χ1n) is 9.92. The van der Waals surface area contributed by atoms with Crippen molar-refractivity contribution < 1.29 is 19.1 Å². The van der Waals surface area contributed by atoms with E-state index in [1.807, 2.05) is 6.92 Å². The zero-order valence-electron chi connectivity index (χ0n) is 16.1. The predicted octanol–water partition coefficient (Wildman–Crippen LogP) is 3.46. The van der Waals surface area contributed by atoms with Gasteiger partial charge in [0.1, 0.15) is 11.9 Å². The van der Waals surface area contributed by atoms with Crippen LogP contribution in [0, 0.1) is 34.0 Å². The van der Waals surface area contributed by atoms with Crippen LogP contribution in [0.3, 0.4) is 0 Å². The van der Waals surface area contributed by atoms with Crippen molar-refractivity contribution in [3.63, 3.8) is 0 Å². The lowest BCUT2D eigenvalue weighted by Gasteiger charge is -2.54. The number of primary amides is 1. The normalized spacial score (nSPS) is 52.3. The molecule has 144 valence electrons. The fourth-order valence-corrected chi connectivity index (χ4v) is 7.29. The Bertz CT molecular complexity index is 662. The third kappa shape index (κ3) is 2.07. The van der Waals surface area contributed by atoms with Crippen molar-refractivity contribution in [2.75, 3.05) is 7.11 Å². The Morgan fingerprint density at radius 1 is 1.31 bits per heavy atom. The summed E-state index contributed by atoms with van der Waals surface area (Å²) < 4.78 is 11.6. The van der Waals surface area contributed by atoms with Crippen LogP contribution in [0.2, 0.25) is 0 Å². The highest BCUT2D eigenvalue weighted by molar-refractivity contribution is 5.89. The summed E-state index contributed by atoms with van der Waals surface area (Å²) in [7, 11) is 1.77. The molecule has 5 nitrogen and oxygen atoms in total. The standard InChI is InChI=1S/C21H31NO4/c1-5-19(3)11-15(26-18(22)24)21-10-13(21)6-8-20(12(2)17(19)23)9-7-14(25-4)16(20)21/h5,12-16H,1,6-11H2,2-4H3,(H2,22,24)/t12-,13?,14+,15+,16?,19+,20-,21-/m0/s1. The highest BCUT2D eigenvalue weighted by atomic mass is 16.6. The molecule has 0 aliphatic heterocycles. The van der Waals surface area contributed by atoms with E-state index in [-0.39, 0.29) is 40.7 Å². The number of methoxy groups -OCH3 is 1. The smallest absolute Gasteiger partial charge is 0.404 e. The maximum atomic E-state index is 13.5. The molecule has 4 aliphatic rings. The van der Waals surface area contributed by atoms with Crippen molar-refractivity contribution in [3.05, 3.63) is 12.7 Å². The van der Waals surface area contributed by atoms with Crippen LogP contribution >= 0.6 is 0 Å². The summed E-state index contributed by atoms with van der Waals surface area (Å²) in [6.45, 7) is 8.01. The molecule has 1 amide bonds. The molecule has 4 rings (SSSR count). The first-order chi connectivity index (χ1) is 12.2. The van der Waals surface area contributed by atoms with Crippen molar-refractivity contribution in [2.45, 2.75) is 64.6 Å². The molecule has 0 aromatic heterocycles. The van der Waals surface area contributed by atoms with Gasteiger partial charge in [-0.3, -0.25) is 4.79 Å². The van der Waals surface area contributed by atoms with Crippen LogP contribution in [0.4, 0.5) is 4.79 Å². The summed E-state index contributed by atoms with van der Waals surface area (Å²) in [5.74, 6) is 0.983. The molecule has 8 atom stereocenters. The van der Waals surface area contributed by atoms with Crippen LogP contribution in [0.1, 0.15) is 52.4 Å². The number of ketones is 1. The zero-order chi connectivity index (χ0) is 18.9. The van der Waals surface area contributed by atoms with Gasteiger partial charge in [-0.1, -0.05) is 13.0 Å². The van der Waals surface area contributed by atoms with Crippen LogP contribution in [0.15, 0.2) is 12.7 Å². The van der Waals surface area contributed by atoms with E-state index in [0.29, 0.717) is 12.3 Å². The maximum Gasteiger partial charge on any atom is 0.404 e. The Labute approximate surface area is 155 Å². The zero-order valence-corrected chi connectivity index (χ0v) is 16.1. The van der Waals surface area contributed by atoms with Gasteiger partial charge in [0.25, 0.3) is 0 Å². The summed E-state index contributed by atoms with van der Waals surface area (Å²) in [4.78, 5) is 25.3. The summed E-state index contributed by atoms with van der Waals surface area (Å²) in [6.07, 6.45) is 6.47. The van der Waals surface area contributed by atoms with Gasteiger partial charge in [-0.15, -0.1) is 6.58 Å². The lowest BCUT2D eigenvalue weighted by atomic mass is 9.50. The van der Waals surface area contributed by atoms with Gasteiger partial charge in [0.05, 0.1) is 6.10 Å². The summed E-state index contributed by atoms with van der Waals surface area (Å²) >= 11 is 0. The van der Waals surface area contributed by atoms with E-state index in [0.717, 1.165) is 32.1 Å². The summed E-state index contributed by atoms with van der Waals surface area (Å²) in [5.41, 5.74) is 4.60. The molecule has 2 bridgehead atoms. The lowest BCUT2D eigenvalue weighted by Crippen LogP contribution is -2.57. The molecule has 5 heteroatoms. The van der Waals surface area contributed by atoms with Gasteiger partial charge in [0.2, 0.25) is 0 Å². The monoisotopic (exact) mass is 361 g/mol. The lowest BCUT2D eigenvalue weighted by molar-refractivity contribution is -0.156. The van der Waals surface area contributed by atoms with Gasteiger partial charge in [-0.2, -0.15) is 0 Å². The number of hydrogen-bond acceptors (Lipinski definition) is 4. The molecule has 1 spiro atoms. The molecule has 2 unspecified atom stereocenters. The maximum absolute atomic E-state index is 13.5. The van der Waals surface area contributed by atoms with E-state index in [4.69, 9.17) is 15.2 Å². The van der Waals surface area contributed by atoms with Crippen LogP contribution in [0.25, 0.3) is 0 Å². The van der Waals surface area contributed by atoms with Crippen LogP contribution in [-0.4, -0.2) is 31.2 Å². The average molecular weight is 361 g/mol. The SMILES string of the molecule is C=C[C@]1(C)C[C@@H](OC(N)=O)[C@]23CC2CC[C@]2(CC[C@@H](OC)C23)[C@@H](C)C1=O. The largest absolute Gasteiger partial charge is 0.446 e. The van der Waals surface area contributed by atoms with Crippen molar-refractivity contribution in [1.29, 1.82) is 0 Å². The minimum absolute atomic E-state index is 0.0383. The highest BCUT2D eigenvalue weighted by Gasteiger charge is 2.76. The number of ether oxygens (including phenoxy) is 2. The molecule has 0 aromatic rings.